The van der Waals surface area contributed by atoms with E-state index in [1.807, 2.05) is 25.7 Å². The molecule has 0 aromatic rings. The zero-order chi connectivity index (χ0) is 14.7. The fourth-order valence-corrected chi connectivity index (χ4v) is 2.75. The number of carbonyl (C=O) groups is 2. The summed E-state index contributed by atoms with van der Waals surface area (Å²) in [7, 11) is 0. The quantitative estimate of drug-likeness (QED) is 0.855. The molecule has 1 rings (SSSR count). The molecule has 1 N–H and O–H groups in total. The first-order valence-corrected chi connectivity index (χ1v) is 7.03. The van der Waals surface area contributed by atoms with Crippen molar-refractivity contribution < 1.29 is 14.7 Å². The Kier molecular flexibility index (Phi) is 5.20. The Hall–Kier alpha value is -1.26. The van der Waals surface area contributed by atoms with E-state index in [4.69, 9.17) is 5.11 Å². The number of aliphatic carboxylic acids is 1. The monoisotopic (exact) mass is 270 g/mol. The molecule has 1 heterocycles. The fourth-order valence-electron chi connectivity index (χ4n) is 2.75. The smallest absolute Gasteiger partial charge is 0.323 e. The first-order chi connectivity index (χ1) is 8.73. The number of hydrogen-bond acceptors (Lipinski definition) is 2. The second-order valence-corrected chi connectivity index (χ2v) is 6.11. The van der Waals surface area contributed by atoms with E-state index in [1.54, 1.807) is 0 Å². The fraction of sp³-hybridized carbons (Fsp3) is 0.857. The third kappa shape index (κ3) is 3.85. The number of nitrogens with zero attached hydrogens (tertiary/aromatic N) is 2. The van der Waals surface area contributed by atoms with Crippen LogP contribution in [0.5, 0.6) is 0 Å². The van der Waals surface area contributed by atoms with Gasteiger partial charge in [0.05, 0.1) is 0 Å². The lowest BCUT2D eigenvalue weighted by Gasteiger charge is -2.43. The van der Waals surface area contributed by atoms with Crippen molar-refractivity contribution in [2.24, 2.45) is 11.8 Å². The molecule has 110 valence electrons. The molecule has 3 atom stereocenters. The zero-order valence-corrected chi connectivity index (χ0v) is 12.6. The number of likely N-dealkylation sites (tertiary alicyclic amines) is 1. The Labute approximate surface area is 115 Å². The van der Waals surface area contributed by atoms with Crippen LogP contribution >= 0.6 is 0 Å². The molecule has 19 heavy (non-hydrogen) atoms. The lowest BCUT2D eigenvalue weighted by Crippen LogP contribution is -2.56. The molecule has 0 aromatic carbocycles. The van der Waals surface area contributed by atoms with E-state index >= 15 is 0 Å². The van der Waals surface area contributed by atoms with Crippen molar-refractivity contribution in [1.29, 1.82) is 0 Å². The molecule has 2 amide bonds. The summed E-state index contributed by atoms with van der Waals surface area (Å²) in [5.41, 5.74) is 0. The lowest BCUT2D eigenvalue weighted by atomic mass is 9.86. The van der Waals surface area contributed by atoms with Gasteiger partial charge in [-0.15, -0.1) is 0 Å². The van der Waals surface area contributed by atoms with Crippen LogP contribution in [0.15, 0.2) is 0 Å². The summed E-state index contributed by atoms with van der Waals surface area (Å²) in [6, 6.07) is -0.0922. The molecule has 0 radical (unpaired) electrons. The molecule has 5 heteroatoms. The van der Waals surface area contributed by atoms with Gasteiger partial charge in [-0.05, 0) is 39.0 Å². The van der Waals surface area contributed by atoms with Crippen molar-refractivity contribution in [3.05, 3.63) is 0 Å². The topological polar surface area (TPSA) is 60.9 Å². The van der Waals surface area contributed by atoms with Crippen molar-refractivity contribution >= 4 is 12.0 Å². The number of carboxylic acid groups (broad SMARTS) is 1. The van der Waals surface area contributed by atoms with E-state index in [1.165, 1.54) is 4.90 Å². The molecule has 1 aliphatic rings. The Morgan fingerprint density at radius 1 is 1.32 bits per heavy atom. The lowest BCUT2D eigenvalue weighted by molar-refractivity contribution is -0.138. The summed E-state index contributed by atoms with van der Waals surface area (Å²) < 4.78 is 0. The van der Waals surface area contributed by atoms with Gasteiger partial charge < -0.3 is 14.9 Å². The number of rotatable bonds is 3. The van der Waals surface area contributed by atoms with Gasteiger partial charge in [-0.1, -0.05) is 13.8 Å². The number of amides is 2. The summed E-state index contributed by atoms with van der Waals surface area (Å²) in [5.74, 6) is -0.0478. The van der Waals surface area contributed by atoms with E-state index in [2.05, 4.69) is 13.8 Å². The van der Waals surface area contributed by atoms with Gasteiger partial charge in [0, 0.05) is 18.6 Å². The molecule has 1 saturated heterocycles. The normalized spacial score (nSPS) is 27.5. The van der Waals surface area contributed by atoms with Crippen molar-refractivity contribution in [2.45, 2.75) is 53.1 Å². The molecule has 0 aromatic heterocycles. The second kappa shape index (κ2) is 6.26. The highest BCUT2D eigenvalue weighted by molar-refractivity contribution is 5.80. The first-order valence-electron chi connectivity index (χ1n) is 7.03. The molecule has 1 fully saturated rings. The van der Waals surface area contributed by atoms with Crippen LogP contribution in [-0.2, 0) is 4.79 Å². The number of carboxylic acids is 1. The standard InChI is InChI=1S/C14H26N2O3/c1-9(2)15(8-13(17)18)14(19)16-7-10(3)6-11(4)12(16)5/h9-12H,6-8H2,1-5H3,(H,17,18). The minimum Gasteiger partial charge on any atom is -0.480 e. The largest absolute Gasteiger partial charge is 0.480 e. The van der Waals surface area contributed by atoms with Crippen LogP contribution in [0.3, 0.4) is 0 Å². The Morgan fingerprint density at radius 3 is 2.37 bits per heavy atom. The Bertz CT molecular complexity index is 344. The van der Waals surface area contributed by atoms with Crippen LogP contribution in [0.1, 0.15) is 41.0 Å². The molecule has 0 bridgehead atoms. The van der Waals surface area contributed by atoms with Crippen LogP contribution in [0.4, 0.5) is 4.79 Å². The van der Waals surface area contributed by atoms with Gasteiger partial charge in [0.1, 0.15) is 6.54 Å². The molecular weight excluding hydrogens is 244 g/mol. The van der Waals surface area contributed by atoms with E-state index in [0.29, 0.717) is 18.4 Å². The van der Waals surface area contributed by atoms with Gasteiger partial charge in [0.2, 0.25) is 0 Å². The van der Waals surface area contributed by atoms with E-state index in [9.17, 15) is 9.59 Å². The van der Waals surface area contributed by atoms with Crippen LogP contribution in [0.25, 0.3) is 0 Å². The third-order valence-electron chi connectivity index (χ3n) is 4.02. The van der Waals surface area contributed by atoms with Crippen LogP contribution in [0, 0.1) is 11.8 Å². The average Bonchev–Trinajstić information content (AvgIpc) is 2.29. The minimum atomic E-state index is -0.965. The maximum absolute atomic E-state index is 12.6. The van der Waals surface area contributed by atoms with Crippen molar-refractivity contribution in [3.63, 3.8) is 0 Å². The van der Waals surface area contributed by atoms with Gasteiger partial charge >= 0.3 is 12.0 Å². The summed E-state index contributed by atoms with van der Waals surface area (Å²) >= 11 is 0. The van der Waals surface area contributed by atoms with Crippen LogP contribution in [-0.4, -0.2) is 52.1 Å². The van der Waals surface area contributed by atoms with Crippen molar-refractivity contribution in [3.8, 4) is 0 Å². The molecule has 1 aliphatic heterocycles. The highest BCUT2D eigenvalue weighted by Gasteiger charge is 2.35. The molecular formula is C14H26N2O3. The van der Waals surface area contributed by atoms with Crippen LogP contribution in [0.2, 0.25) is 0 Å². The summed E-state index contributed by atoms with van der Waals surface area (Å²) in [5, 5.41) is 8.94. The van der Waals surface area contributed by atoms with E-state index in [-0.39, 0.29) is 24.7 Å². The molecule has 0 spiro atoms. The van der Waals surface area contributed by atoms with E-state index in [0.717, 1.165) is 6.42 Å². The zero-order valence-electron chi connectivity index (χ0n) is 12.6. The molecule has 5 nitrogen and oxygen atoms in total. The SMILES string of the molecule is CC1CC(C)C(C)N(C(=O)N(CC(=O)O)C(C)C)C1. The minimum absolute atomic E-state index is 0.108. The highest BCUT2D eigenvalue weighted by Crippen LogP contribution is 2.28. The predicted molar refractivity (Wildman–Crippen MR) is 74.0 cm³/mol. The van der Waals surface area contributed by atoms with Gasteiger partial charge in [0.15, 0.2) is 0 Å². The maximum Gasteiger partial charge on any atom is 0.323 e. The first kappa shape index (κ1) is 15.8. The summed E-state index contributed by atoms with van der Waals surface area (Å²) in [4.78, 5) is 26.7. The molecule has 3 unspecified atom stereocenters. The number of urea groups is 1. The maximum atomic E-state index is 12.6. The summed E-state index contributed by atoms with van der Waals surface area (Å²) in [6.45, 7) is 10.5. The molecule has 0 saturated carbocycles. The predicted octanol–water partition coefficient (Wildman–Crippen LogP) is 2.27. The Balaban J connectivity index is 2.85. The van der Waals surface area contributed by atoms with Crippen LogP contribution < -0.4 is 0 Å². The second-order valence-electron chi connectivity index (χ2n) is 6.11. The number of hydrogen-bond donors (Lipinski definition) is 1. The Morgan fingerprint density at radius 2 is 1.89 bits per heavy atom. The van der Waals surface area contributed by atoms with Crippen molar-refractivity contribution in [1.82, 2.24) is 9.80 Å². The number of carbonyl (C=O) groups excluding carboxylic acids is 1. The summed E-state index contributed by atoms with van der Waals surface area (Å²) in [6.07, 6.45) is 1.12. The third-order valence-corrected chi connectivity index (χ3v) is 4.02. The van der Waals surface area contributed by atoms with Gasteiger partial charge in [0.25, 0.3) is 0 Å². The average molecular weight is 270 g/mol. The van der Waals surface area contributed by atoms with Gasteiger partial charge in [-0.25, -0.2) is 4.79 Å². The van der Waals surface area contributed by atoms with E-state index < -0.39 is 5.97 Å². The highest BCUT2D eigenvalue weighted by atomic mass is 16.4. The van der Waals surface area contributed by atoms with Crippen molar-refractivity contribution in [2.75, 3.05) is 13.1 Å². The van der Waals surface area contributed by atoms with Gasteiger partial charge in [-0.2, -0.15) is 0 Å². The molecule has 0 aliphatic carbocycles. The number of piperidine rings is 1. The van der Waals surface area contributed by atoms with Gasteiger partial charge in [-0.3, -0.25) is 4.79 Å².